The van der Waals surface area contributed by atoms with Crippen LogP contribution in [0, 0.1) is 5.92 Å². The molecule has 0 aliphatic heterocycles. The summed E-state index contributed by atoms with van der Waals surface area (Å²) < 4.78 is 0. The predicted molar refractivity (Wildman–Crippen MR) is 85.5 cm³/mol. The number of anilines is 1. The summed E-state index contributed by atoms with van der Waals surface area (Å²) in [7, 11) is 3.49. The summed E-state index contributed by atoms with van der Waals surface area (Å²) in [5, 5.41) is 0. The number of rotatable bonds is 5. The van der Waals surface area contributed by atoms with E-state index in [1.807, 2.05) is 12.1 Å². The average molecular weight is 290 g/mol. The zero-order valence-electron chi connectivity index (χ0n) is 13.2. The second kappa shape index (κ2) is 6.89. The summed E-state index contributed by atoms with van der Waals surface area (Å²) in [6, 6.07) is 4.37. The molecule has 1 aromatic heterocycles. The highest BCUT2D eigenvalue weighted by Gasteiger charge is 2.31. The fraction of sp³-hybridized carbons (Fsp3) is 0.625. The van der Waals surface area contributed by atoms with Gasteiger partial charge >= 0.3 is 0 Å². The minimum atomic E-state index is -0.0605. The molecule has 0 bridgehead atoms. The van der Waals surface area contributed by atoms with Crippen molar-refractivity contribution in [1.82, 2.24) is 9.88 Å². The highest BCUT2D eigenvalue weighted by atomic mass is 16.2. The van der Waals surface area contributed by atoms with Crippen molar-refractivity contribution in [3.8, 4) is 0 Å². The predicted octanol–water partition coefficient (Wildman–Crippen LogP) is 1.74. The van der Waals surface area contributed by atoms with Gasteiger partial charge in [-0.1, -0.05) is 6.42 Å². The fourth-order valence-corrected chi connectivity index (χ4v) is 3.26. The Balaban J connectivity index is 2.26. The molecule has 1 fully saturated rings. The van der Waals surface area contributed by atoms with Crippen LogP contribution in [0.5, 0.6) is 0 Å². The van der Waals surface area contributed by atoms with Crippen molar-refractivity contribution in [2.45, 2.75) is 32.2 Å². The lowest BCUT2D eigenvalue weighted by atomic mass is 10.0. The molecule has 2 unspecified atom stereocenters. The van der Waals surface area contributed by atoms with Gasteiger partial charge in [0.25, 0.3) is 5.91 Å². The van der Waals surface area contributed by atoms with Gasteiger partial charge in [0, 0.05) is 38.6 Å². The molecule has 2 rings (SSSR count). The van der Waals surface area contributed by atoms with Crippen molar-refractivity contribution < 1.29 is 4.79 Å². The molecule has 1 aromatic rings. The molecule has 5 nitrogen and oxygen atoms in total. The summed E-state index contributed by atoms with van der Waals surface area (Å²) in [5.74, 6) is 0.487. The van der Waals surface area contributed by atoms with Gasteiger partial charge in [-0.3, -0.25) is 9.78 Å². The third-order valence-electron chi connectivity index (χ3n) is 4.36. The number of nitrogens with two attached hydrogens (primary N) is 1. The molecule has 2 N–H and O–H groups in total. The molecule has 1 amide bonds. The molecule has 0 saturated heterocycles. The van der Waals surface area contributed by atoms with Crippen LogP contribution in [-0.4, -0.2) is 49.0 Å². The third-order valence-corrected chi connectivity index (χ3v) is 4.36. The third kappa shape index (κ3) is 3.35. The molecule has 21 heavy (non-hydrogen) atoms. The van der Waals surface area contributed by atoms with E-state index in [9.17, 15) is 4.79 Å². The Morgan fingerprint density at radius 3 is 2.81 bits per heavy atom. The van der Waals surface area contributed by atoms with Crippen LogP contribution < -0.4 is 10.6 Å². The van der Waals surface area contributed by atoms with E-state index >= 15 is 0 Å². The van der Waals surface area contributed by atoms with Crippen LogP contribution in [0.25, 0.3) is 0 Å². The minimum absolute atomic E-state index is 0.0605. The number of pyridine rings is 1. The molecule has 1 aliphatic rings. The van der Waals surface area contributed by atoms with Crippen LogP contribution in [-0.2, 0) is 0 Å². The van der Waals surface area contributed by atoms with Crippen LogP contribution in [0.15, 0.2) is 18.3 Å². The molecule has 2 atom stereocenters. The molecule has 1 aliphatic carbocycles. The highest BCUT2D eigenvalue weighted by Crippen LogP contribution is 2.32. The van der Waals surface area contributed by atoms with Crippen molar-refractivity contribution in [2.75, 3.05) is 32.1 Å². The van der Waals surface area contributed by atoms with Crippen molar-refractivity contribution in [1.29, 1.82) is 0 Å². The lowest BCUT2D eigenvalue weighted by Crippen LogP contribution is -2.40. The van der Waals surface area contributed by atoms with E-state index in [4.69, 9.17) is 5.73 Å². The average Bonchev–Trinajstić information content (AvgIpc) is 2.96. The van der Waals surface area contributed by atoms with Crippen molar-refractivity contribution in [2.24, 2.45) is 11.7 Å². The quantitative estimate of drug-likeness (QED) is 0.897. The molecule has 0 radical (unpaired) electrons. The monoisotopic (exact) mass is 290 g/mol. The van der Waals surface area contributed by atoms with Crippen LogP contribution in [0.1, 0.15) is 36.7 Å². The van der Waals surface area contributed by atoms with Gasteiger partial charge in [0.05, 0.1) is 0 Å². The Hall–Kier alpha value is -1.62. The van der Waals surface area contributed by atoms with Crippen LogP contribution in [0.4, 0.5) is 5.69 Å². The van der Waals surface area contributed by atoms with E-state index in [0.29, 0.717) is 17.7 Å². The maximum absolute atomic E-state index is 12.1. The summed E-state index contributed by atoms with van der Waals surface area (Å²) in [5.41, 5.74) is 7.48. The van der Waals surface area contributed by atoms with Crippen molar-refractivity contribution >= 4 is 11.6 Å². The first-order valence-electron chi connectivity index (χ1n) is 7.72. The smallest absolute Gasteiger partial charge is 0.272 e. The Morgan fingerprint density at radius 2 is 2.19 bits per heavy atom. The first kappa shape index (κ1) is 15.8. The number of carbonyl (C=O) groups excluding carboxylic acids is 1. The van der Waals surface area contributed by atoms with Crippen LogP contribution >= 0.6 is 0 Å². The largest absolute Gasteiger partial charge is 0.368 e. The second-order valence-electron chi connectivity index (χ2n) is 5.88. The van der Waals surface area contributed by atoms with Crippen molar-refractivity contribution in [3.05, 3.63) is 24.0 Å². The second-order valence-corrected chi connectivity index (χ2v) is 5.88. The standard InChI is InChI=1S/C16H26N4O/c1-4-20(15-7-5-6-12(15)11-17)13-8-9-18-14(10-13)16(21)19(2)3/h8-10,12,15H,4-7,11,17H2,1-3H3. The topological polar surface area (TPSA) is 62.5 Å². The normalized spacial score (nSPS) is 21.3. The number of hydrogen-bond acceptors (Lipinski definition) is 4. The fourth-order valence-electron chi connectivity index (χ4n) is 3.26. The van der Waals surface area contributed by atoms with E-state index < -0.39 is 0 Å². The van der Waals surface area contributed by atoms with Gasteiger partial charge in [0.1, 0.15) is 5.69 Å². The van der Waals surface area contributed by atoms with E-state index in [1.54, 1.807) is 25.2 Å². The zero-order chi connectivity index (χ0) is 15.4. The Morgan fingerprint density at radius 1 is 1.43 bits per heavy atom. The first-order valence-corrected chi connectivity index (χ1v) is 7.72. The minimum Gasteiger partial charge on any atom is -0.368 e. The van der Waals surface area contributed by atoms with Gasteiger partial charge in [-0.15, -0.1) is 0 Å². The summed E-state index contributed by atoms with van der Waals surface area (Å²) in [6.07, 6.45) is 5.33. The molecule has 116 valence electrons. The van der Waals surface area contributed by atoms with E-state index in [0.717, 1.165) is 18.8 Å². The SMILES string of the molecule is CCN(c1ccnc(C(=O)N(C)C)c1)C1CCCC1CN. The molecular weight excluding hydrogens is 264 g/mol. The number of hydrogen-bond donors (Lipinski definition) is 1. The number of nitrogens with zero attached hydrogens (tertiary/aromatic N) is 3. The van der Waals surface area contributed by atoms with Gasteiger partial charge in [-0.05, 0) is 44.4 Å². The first-order chi connectivity index (χ1) is 10.1. The van der Waals surface area contributed by atoms with Gasteiger partial charge in [-0.25, -0.2) is 0 Å². The van der Waals surface area contributed by atoms with E-state index in [1.165, 1.54) is 19.3 Å². The molecule has 0 spiro atoms. The summed E-state index contributed by atoms with van der Waals surface area (Å²) in [4.78, 5) is 20.2. The maximum Gasteiger partial charge on any atom is 0.272 e. The summed E-state index contributed by atoms with van der Waals surface area (Å²) >= 11 is 0. The van der Waals surface area contributed by atoms with Gasteiger partial charge in [-0.2, -0.15) is 0 Å². The Kier molecular flexibility index (Phi) is 5.17. The van der Waals surface area contributed by atoms with E-state index in [-0.39, 0.29) is 5.91 Å². The molecule has 5 heteroatoms. The van der Waals surface area contributed by atoms with Gasteiger partial charge < -0.3 is 15.5 Å². The Labute approximate surface area is 127 Å². The highest BCUT2D eigenvalue weighted by molar-refractivity contribution is 5.92. The zero-order valence-corrected chi connectivity index (χ0v) is 13.2. The lowest BCUT2D eigenvalue weighted by molar-refractivity contribution is 0.0822. The van der Waals surface area contributed by atoms with Gasteiger partial charge in [0.15, 0.2) is 0 Å². The van der Waals surface area contributed by atoms with Crippen LogP contribution in [0.2, 0.25) is 0 Å². The maximum atomic E-state index is 12.1. The van der Waals surface area contributed by atoms with E-state index in [2.05, 4.69) is 16.8 Å². The number of carbonyl (C=O) groups is 1. The number of aromatic nitrogens is 1. The van der Waals surface area contributed by atoms with Crippen LogP contribution in [0.3, 0.4) is 0 Å². The molecule has 1 saturated carbocycles. The Bertz CT molecular complexity index is 489. The summed E-state index contributed by atoms with van der Waals surface area (Å²) in [6.45, 7) is 3.80. The molecular formula is C16H26N4O. The van der Waals surface area contributed by atoms with Gasteiger partial charge in [0.2, 0.25) is 0 Å². The number of amides is 1. The lowest BCUT2D eigenvalue weighted by Gasteiger charge is -2.34. The molecule has 0 aromatic carbocycles. The van der Waals surface area contributed by atoms with Crippen molar-refractivity contribution in [3.63, 3.8) is 0 Å². The molecule has 1 heterocycles.